The van der Waals surface area contributed by atoms with E-state index in [0.717, 1.165) is 30.1 Å². The number of hydrogen-bond acceptors (Lipinski definition) is 0. The number of aryl methyl sites for hydroxylation is 2. The number of fused-ring (bicyclic) bond motifs is 6. The van der Waals surface area contributed by atoms with E-state index in [1.807, 2.05) is 0 Å². The molecule has 1 saturated carbocycles. The number of benzene rings is 2. The second-order valence-corrected chi connectivity index (χ2v) is 15.3. The van der Waals surface area contributed by atoms with Gasteiger partial charge < -0.3 is 0 Å². The fourth-order valence-electron chi connectivity index (χ4n) is 9.94. The quantitative estimate of drug-likeness (QED) is 0.177. The molecule has 0 spiro atoms. The van der Waals surface area contributed by atoms with Gasteiger partial charge in [0, 0.05) is 10.8 Å². The third-order valence-electron chi connectivity index (χ3n) is 12.0. The Labute approximate surface area is 261 Å². The van der Waals surface area contributed by atoms with Crippen LogP contribution < -0.4 is 0 Å². The van der Waals surface area contributed by atoms with E-state index in [1.54, 1.807) is 16.7 Å². The molecular weight excluding hydrogens is 504 g/mol. The highest BCUT2D eigenvalue weighted by Crippen LogP contribution is 2.66. The topological polar surface area (TPSA) is 0 Å². The summed E-state index contributed by atoms with van der Waals surface area (Å²) in [6.45, 7) is 19.5. The molecule has 0 amide bonds. The molecule has 1 fully saturated rings. The van der Waals surface area contributed by atoms with Gasteiger partial charge in [-0.25, -0.2) is 0 Å². The van der Waals surface area contributed by atoms with Gasteiger partial charge in [-0.15, -0.1) is 0 Å². The van der Waals surface area contributed by atoms with E-state index in [-0.39, 0.29) is 10.8 Å². The summed E-state index contributed by atoms with van der Waals surface area (Å²) in [4.78, 5) is 0. The van der Waals surface area contributed by atoms with Crippen molar-refractivity contribution in [1.29, 1.82) is 0 Å². The Balaban J connectivity index is 1.74. The molecule has 234 valence electrons. The third kappa shape index (κ3) is 6.89. The number of hydrogen-bond donors (Lipinski definition) is 0. The van der Waals surface area contributed by atoms with Gasteiger partial charge in [0.15, 0.2) is 0 Å². The van der Waals surface area contributed by atoms with Gasteiger partial charge in [-0.2, -0.15) is 0 Å². The monoisotopic (exact) mass is 571 g/mol. The molecule has 2 aromatic carbocycles. The zero-order valence-corrected chi connectivity index (χ0v) is 29.1. The third-order valence-corrected chi connectivity index (χ3v) is 12.0. The predicted molar refractivity (Wildman–Crippen MR) is 187 cm³/mol. The Hall–Kier alpha value is -1.56. The molecule has 0 heteroatoms. The van der Waals surface area contributed by atoms with Crippen LogP contribution in [0.5, 0.6) is 0 Å². The van der Waals surface area contributed by atoms with E-state index in [0.29, 0.717) is 0 Å². The van der Waals surface area contributed by atoms with Gasteiger partial charge in [-0.1, -0.05) is 167 Å². The molecule has 2 unspecified atom stereocenters. The number of rotatable bonds is 17. The average molecular weight is 571 g/mol. The Morgan fingerprint density at radius 3 is 1.90 bits per heavy atom. The van der Waals surface area contributed by atoms with Crippen molar-refractivity contribution in [2.24, 2.45) is 23.7 Å². The van der Waals surface area contributed by atoms with Gasteiger partial charge in [0.2, 0.25) is 0 Å². The normalized spacial score (nSPS) is 23.7. The highest BCUT2D eigenvalue weighted by Gasteiger charge is 2.60. The van der Waals surface area contributed by atoms with Gasteiger partial charge in [-0.05, 0) is 84.1 Å². The maximum atomic E-state index is 2.72. The first-order chi connectivity index (χ1) is 20.2. The molecule has 0 aromatic heterocycles. The van der Waals surface area contributed by atoms with Crippen molar-refractivity contribution in [1.82, 2.24) is 0 Å². The molecular formula is C42H66. The maximum Gasteiger partial charge on any atom is 0.00589 e. The van der Waals surface area contributed by atoms with Crippen LogP contribution in [0, 0.1) is 30.6 Å². The minimum absolute atomic E-state index is 0.213. The van der Waals surface area contributed by atoms with Crippen LogP contribution in [0.1, 0.15) is 167 Å². The van der Waals surface area contributed by atoms with Crippen molar-refractivity contribution in [3.63, 3.8) is 0 Å². The molecule has 0 saturated heterocycles. The molecule has 0 heterocycles. The lowest BCUT2D eigenvalue weighted by Crippen LogP contribution is -2.47. The fourth-order valence-corrected chi connectivity index (χ4v) is 9.94. The van der Waals surface area contributed by atoms with E-state index in [9.17, 15) is 0 Å². The van der Waals surface area contributed by atoms with Crippen LogP contribution >= 0.6 is 0 Å². The Bertz CT molecular complexity index is 1110. The van der Waals surface area contributed by atoms with Crippen molar-refractivity contribution >= 4 is 0 Å². The van der Waals surface area contributed by atoms with Gasteiger partial charge in [-0.3, -0.25) is 0 Å². The first-order valence-corrected chi connectivity index (χ1v) is 18.5. The average Bonchev–Trinajstić information content (AvgIpc) is 3.28. The van der Waals surface area contributed by atoms with Crippen LogP contribution in [-0.4, -0.2) is 0 Å². The molecule has 0 nitrogen and oxygen atoms in total. The zero-order chi connectivity index (χ0) is 30.3. The molecule has 4 rings (SSSR count). The van der Waals surface area contributed by atoms with Crippen LogP contribution in [0.3, 0.4) is 0 Å². The van der Waals surface area contributed by atoms with Crippen LogP contribution in [0.25, 0.3) is 11.1 Å². The Morgan fingerprint density at radius 2 is 1.29 bits per heavy atom. The lowest BCUT2D eigenvalue weighted by atomic mass is 9.52. The highest BCUT2D eigenvalue weighted by molar-refractivity contribution is 5.79. The molecule has 0 radical (unpaired) electrons. The second kappa shape index (κ2) is 14.9. The van der Waals surface area contributed by atoms with Crippen molar-refractivity contribution in [3.8, 4) is 11.1 Å². The summed E-state index contributed by atoms with van der Waals surface area (Å²) in [7, 11) is 0. The smallest absolute Gasteiger partial charge is 0.00589 e. The van der Waals surface area contributed by atoms with Crippen molar-refractivity contribution in [2.75, 3.05) is 0 Å². The lowest BCUT2D eigenvalue weighted by molar-refractivity contribution is 0.207. The molecule has 2 aliphatic carbocycles. The summed E-state index contributed by atoms with van der Waals surface area (Å²) in [5, 5.41) is 0. The summed E-state index contributed by atoms with van der Waals surface area (Å²) >= 11 is 0. The summed E-state index contributed by atoms with van der Waals surface area (Å²) < 4.78 is 0. The van der Waals surface area contributed by atoms with Crippen LogP contribution in [0.15, 0.2) is 36.4 Å². The second-order valence-electron chi connectivity index (χ2n) is 15.3. The van der Waals surface area contributed by atoms with Gasteiger partial charge in [0.1, 0.15) is 0 Å². The summed E-state index contributed by atoms with van der Waals surface area (Å²) in [5.41, 5.74) is 9.89. The standard InChI is InChI=1S/C42H66/c1-9-14-34(15-10-2)20-18-32(7)28-42-30-36(22-21-35(16-11-3)17-12-4)29-41(42,8)39-27-33(13-5)23-25-37(39)38-24-19-31(6)26-40(38)42/h19,23-27,32,34-36H,9-18,20-22,28-30H2,1-8H3/t32?,36?,41-,42+/m0/s1. The van der Waals surface area contributed by atoms with E-state index in [1.165, 1.54) is 113 Å². The van der Waals surface area contributed by atoms with E-state index in [2.05, 4.69) is 91.8 Å². The Morgan fingerprint density at radius 1 is 0.690 bits per heavy atom. The van der Waals surface area contributed by atoms with Crippen molar-refractivity contribution in [3.05, 3.63) is 58.7 Å². The molecule has 0 bridgehead atoms. The molecule has 0 aliphatic heterocycles. The first kappa shape index (κ1) is 33.3. The summed E-state index contributed by atoms with van der Waals surface area (Å²) in [5.74, 6) is 3.44. The van der Waals surface area contributed by atoms with Crippen LogP contribution in [0.2, 0.25) is 0 Å². The van der Waals surface area contributed by atoms with Gasteiger partial charge in [0.05, 0.1) is 0 Å². The van der Waals surface area contributed by atoms with Crippen LogP contribution in [0.4, 0.5) is 0 Å². The minimum Gasteiger partial charge on any atom is -0.0654 e. The van der Waals surface area contributed by atoms with Crippen LogP contribution in [-0.2, 0) is 17.3 Å². The molecule has 2 aliphatic rings. The lowest BCUT2D eigenvalue weighted by Gasteiger charge is -2.51. The molecule has 4 atom stereocenters. The molecule has 42 heavy (non-hydrogen) atoms. The van der Waals surface area contributed by atoms with Gasteiger partial charge in [0.25, 0.3) is 0 Å². The predicted octanol–water partition coefficient (Wildman–Crippen LogP) is 13.2. The first-order valence-electron chi connectivity index (χ1n) is 18.5. The van der Waals surface area contributed by atoms with E-state index in [4.69, 9.17) is 0 Å². The largest absolute Gasteiger partial charge is 0.0654 e. The maximum absolute atomic E-state index is 2.72. The minimum atomic E-state index is 0.213. The van der Waals surface area contributed by atoms with E-state index >= 15 is 0 Å². The fraction of sp³-hybridized carbons (Fsp3) is 0.714. The zero-order valence-electron chi connectivity index (χ0n) is 29.1. The summed E-state index contributed by atoms with van der Waals surface area (Å²) in [6.07, 6.45) is 21.9. The molecule has 0 N–H and O–H groups in total. The Kier molecular flexibility index (Phi) is 11.9. The van der Waals surface area contributed by atoms with Crippen molar-refractivity contribution in [2.45, 2.75) is 169 Å². The van der Waals surface area contributed by atoms with E-state index < -0.39 is 0 Å². The summed E-state index contributed by atoms with van der Waals surface area (Å²) in [6, 6.07) is 15.1. The van der Waals surface area contributed by atoms with Crippen molar-refractivity contribution < 1.29 is 0 Å². The van der Waals surface area contributed by atoms with Gasteiger partial charge >= 0.3 is 0 Å². The SMILES string of the molecule is CCCC(CCC)CCC(C)C[C@]12CC(CCC(CCC)CCC)C[C@@]1(C)c1cc(CC)ccc1-c1ccc(C)cc12. The molecule has 2 aromatic rings. The highest BCUT2D eigenvalue weighted by atomic mass is 14.6.